The van der Waals surface area contributed by atoms with Crippen molar-refractivity contribution < 1.29 is 0 Å². The van der Waals surface area contributed by atoms with Crippen LogP contribution in [-0.2, 0) is 0 Å². The molecule has 0 spiro atoms. The Labute approximate surface area is 134 Å². The second-order valence-corrected chi connectivity index (χ2v) is 6.46. The zero-order valence-electron chi connectivity index (χ0n) is 11.5. The Morgan fingerprint density at radius 2 is 1.65 bits per heavy atom. The standard InChI is InChI=1S/C16H17Cl2NS/c1-3-16(19-2)11-4-6-12(7-5-11)20-13-8-9-14(17)15(18)10-13/h4-10,16,19H,3H2,1-2H3. The first-order valence-corrected chi connectivity index (χ1v) is 8.11. The van der Waals surface area contributed by atoms with Gasteiger partial charge < -0.3 is 5.32 Å². The van der Waals surface area contributed by atoms with Crippen LogP contribution in [0.25, 0.3) is 0 Å². The SMILES string of the molecule is CCC(NC)c1ccc(Sc2ccc(Cl)c(Cl)c2)cc1. The van der Waals surface area contributed by atoms with Gasteiger partial charge in [-0.05, 0) is 49.4 Å². The summed E-state index contributed by atoms with van der Waals surface area (Å²) in [5, 5.41) is 4.49. The average molecular weight is 326 g/mol. The Morgan fingerprint density at radius 1 is 1.00 bits per heavy atom. The van der Waals surface area contributed by atoms with Crippen molar-refractivity contribution in [2.75, 3.05) is 7.05 Å². The van der Waals surface area contributed by atoms with Crippen molar-refractivity contribution in [2.24, 2.45) is 0 Å². The van der Waals surface area contributed by atoms with Gasteiger partial charge in [-0.25, -0.2) is 0 Å². The highest BCUT2D eigenvalue weighted by molar-refractivity contribution is 7.99. The van der Waals surface area contributed by atoms with Gasteiger partial charge in [0.25, 0.3) is 0 Å². The van der Waals surface area contributed by atoms with Gasteiger partial charge in [0.2, 0.25) is 0 Å². The Morgan fingerprint density at radius 3 is 2.20 bits per heavy atom. The molecule has 0 aromatic heterocycles. The summed E-state index contributed by atoms with van der Waals surface area (Å²) in [6, 6.07) is 14.7. The van der Waals surface area contributed by atoms with Crippen LogP contribution in [0.3, 0.4) is 0 Å². The topological polar surface area (TPSA) is 12.0 Å². The van der Waals surface area contributed by atoms with Gasteiger partial charge in [0, 0.05) is 15.8 Å². The third-order valence-corrected chi connectivity index (χ3v) is 4.90. The zero-order valence-corrected chi connectivity index (χ0v) is 13.8. The highest BCUT2D eigenvalue weighted by Crippen LogP contribution is 2.33. The zero-order chi connectivity index (χ0) is 14.5. The van der Waals surface area contributed by atoms with E-state index in [0.717, 1.165) is 11.3 Å². The molecule has 0 fully saturated rings. The van der Waals surface area contributed by atoms with Crippen LogP contribution in [0.15, 0.2) is 52.3 Å². The molecule has 4 heteroatoms. The third-order valence-electron chi connectivity index (χ3n) is 3.17. The molecule has 0 aliphatic carbocycles. The molecule has 106 valence electrons. The molecule has 1 N–H and O–H groups in total. The van der Waals surface area contributed by atoms with Crippen LogP contribution in [0, 0.1) is 0 Å². The molecule has 0 aliphatic rings. The predicted octanol–water partition coefficient (Wildman–Crippen LogP) is 5.82. The minimum Gasteiger partial charge on any atom is -0.313 e. The summed E-state index contributed by atoms with van der Waals surface area (Å²) in [6.45, 7) is 2.18. The van der Waals surface area contributed by atoms with Crippen LogP contribution >= 0.6 is 35.0 Å². The smallest absolute Gasteiger partial charge is 0.0603 e. The van der Waals surface area contributed by atoms with E-state index in [1.54, 1.807) is 11.8 Å². The monoisotopic (exact) mass is 325 g/mol. The molecule has 0 amide bonds. The first kappa shape index (κ1) is 15.7. The van der Waals surface area contributed by atoms with Gasteiger partial charge in [-0.3, -0.25) is 0 Å². The molecule has 0 saturated heterocycles. The van der Waals surface area contributed by atoms with Crippen LogP contribution in [0.1, 0.15) is 24.9 Å². The molecular weight excluding hydrogens is 309 g/mol. The molecular formula is C16H17Cl2NS. The lowest BCUT2D eigenvalue weighted by molar-refractivity contribution is 0.576. The Bertz CT molecular complexity index is 565. The van der Waals surface area contributed by atoms with Gasteiger partial charge in [-0.15, -0.1) is 0 Å². The van der Waals surface area contributed by atoms with Gasteiger partial charge in [0.1, 0.15) is 0 Å². The molecule has 1 atom stereocenters. The van der Waals surface area contributed by atoms with Gasteiger partial charge in [0.15, 0.2) is 0 Å². The maximum atomic E-state index is 6.03. The van der Waals surface area contributed by atoms with Crippen molar-refractivity contribution in [2.45, 2.75) is 29.2 Å². The first-order valence-electron chi connectivity index (χ1n) is 6.54. The minimum absolute atomic E-state index is 0.416. The average Bonchev–Trinajstić information content (AvgIpc) is 2.46. The summed E-state index contributed by atoms with van der Waals surface area (Å²) in [5.41, 5.74) is 1.31. The molecule has 1 nitrogen and oxygen atoms in total. The Balaban J connectivity index is 2.12. The second kappa shape index (κ2) is 7.37. The van der Waals surface area contributed by atoms with E-state index < -0.39 is 0 Å². The fourth-order valence-electron chi connectivity index (χ4n) is 2.05. The molecule has 0 saturated carbocycles. The largest absolute Gasteiger partial charge is 0.313 e. The van der Waals surface area contributed by atoms with Gasteiger partial charge in [-0.2, -0.15) is 0 Å². The van der Waals surface area contributed by atoms with Crippen LogP contribution in [-0.4, -0.2) is 7.05 Å². The lowest BCUT2D eigenvalue weighted by Crippen LogP contribution is -2.14. The summed E-state index contributed by atoms with van der Waals surface area (Å²) in [7, 11) is 1.99. The number of benzene rings is 2. The summed E-state index contributed by atoms with van der Waals surface area (Å²) in [6.07, 6.45) is 1.08. The van der Waals surface area contributed by atoms with Crippen LogP contribution in [0.2, 0.25) is 10.0 Å². The van der Waals surface area contributed by atoms with Crippen LogP contribution in [0.5, 0.6) is 0 Å². The number of hydrogen-bond acceptors (Lipinski definition) is 2. The number of nitrogens with one attached hydrogen (secondary N) is 1. The van der Waals surface area contributed by atoms with Crippen LogP contribution < -0.4 is 5.32 Å². The summed E-state index contributed by atoms with van der Waals surface area (Å²) < 4.78 is 0. The molecule has 2 aromatic carbocycles. The Kier molecular flexibility index (Phi) is 5.79. The van der Waals surface area contributed by atoms with Crippen molar-refractivity contribution in [3.05, 3.63) is 58.1 Å². The molecule has 2 aromatic rings. The van der Waals surface area contributed by atoms with E-state index >= 15 is 0 Å². The summed E-state index contributed by atoms with van der Waals surface area (Å²) >= 11 is 13.6. The normalized spacial score (nSPS) is 12.4. The lowest BCUT2D eigenvalue weighted by atomic mass is 10.1. The molecule has 20 heavy (non-hydrogen) atoms. The molecule has 0 radical (unpaired) electrons. The lowest BCUT2D eigenvalue weighted by Gasteiger charge is -2.14. The van der Waals surface area contributed by atoms with Crippen molar-refractivity contribution >= 4 is 35.0 Å². The van der Waals surface area contributed by atoms with Crippen LogP contribution in [0.4, 0.5) is 0 Å². The molecule has 1 unspecified atom stereocenters. The predicted molar refractivity (Wildman–Crippen MR) is 89.1 cm³/mol. The van der Waals surface area contributed by atoms with E-state index in [9.17, 15) is 0 Å². The maximum absolute atomic E-state index is 6.03. The number of hydrogen-bond donors (Lipinski definition) is 1. The van der Waals surface area contributed by atoms with E-state index in [0.29, 0.717) is 16.1 Å². The van der Waals surface area contributed by atoms with Crippen molar-refractivity contribution in [1.29, 1.82) is 0 Å². The van der Waals surface area contributed by atoms with E-state index in [4.69, 9.17) is 23.2 Å². The molecule has 2 rings (SSSR count). The number of rotatable bonds is 5. The first-order chi connectivity index (χ1) is 9.63. The molecule has 0 aliphatic heterocycles. The number of halogens is 2. The second-order valence-electron chi connectivity index (χ2n) is 4.50. The fraction of sp³-hybridized carbons (Fsp3) is 0.250. The summed E-state index contributed by atoms with van der Waals surface area (Å²) in [5.74, 6) is 0. The van der Waals surface area contributed by atoms with Gasteiger partial charge in [0.05, 0.1) is 10.0 Å². The van der Waals surface area contributed by atoms with E-state index in [2.05, 4.69) is 36.5 Å². The van der Waals surface area contributed by atoms with Crippen molar-refractivity contribution in [3.8, 4) is 0 Å². The van der Waals surface area contributed by atoms with Gasteiger partial charge >= 0.3 is 0 Å². The third kappa shape index (κ3) is 3.92. The maximum Gasteiger partial charge on any atom is 0.0603 e. The Hall–Kier alpha value is -0.670. The minimum atomic E-state index is 0.416. The van der Waals surface area contributed by atoms with Gasteiger partial charge in [-0.1, -0.05) is 54.0 Å². The van der Waals surface area contributed by atoms with E-state index in [1.165, 1.54) is 10.5 Å². The molecule has 0 bridgehead atoms. The van der Waals surface area contributed by atoms with Crippen molar-refractivity contribution in [1.82, 2.24) is 5.32 Å². The fourth-order valence-corrected chi connectivity index (χ4v) is 3.27. The highest BCUT2D eigenvalue weighted by atomic mass is 35.5. The quantitative estimate of drug-likeness (QED) is 0.743. The molecule has 0 heterocycles. The van der Waals surface area contributed by atoms with E-state index in [-0.39, 0.29) is 0 Å². The van der Waals surface area contributed by atoms with E-state index in [1.807, 2.05) is 25.2 Å². The van der Waals surface area contributed by atoms with Crippen molar-refractivity contribution in [3.63, 3.8) is 0 Å². The summed E-state index contributed by atoms with van der Waals surface area (Å²) in [4.78, 5) is 2.28. The highest BCUT2D eigenvalue weighted by Gasteiger charge is 2.07.